The fourth-order valence-corrected chi connectivity index (χ4v) is 6.92. The van der Waals surface area contributed by atoms with Gasteiger partial charge in [0.15, 0.2) is 0 Å². The Morgan fingerprint density at radius 2 is 0.804 bits per heavy atom. The van der Waals surface area contributed by atoms with E-state index in [1.165, 1.54) is 66.7 Å². The van der Waals surface area contributed by atoms with E-state index in [4.69, 9.17) is 4.18 Å². The Hall–Kier alpha value is -3.57. The van der Waals surface area contributed by atoms with E-state index in [2.05, 4.69) is 0 Å². The first-order valence-electron chi connectivity index (χ1n) is 12.3. The summed E-state index contributed by atoms with van der Waals surface area (Å²) in [5.41, 5.74) is 1.05. The molecule has 0 radical (unpaired) electrons. The third kappa shape index (κ3) is 5.45. The highest BCUT2D eigenvalue weighted by atomic mass is 32.3. The zero-order chi connectivity index (χ0) is 35.4. The number of hydrogen-bond donors (Lipinski definition) is 0. The predicted octanol–water partition coefficient (Wildman–Crippen LogP) is 10.4. The predicted molar refractivity (Wildman–Crippen MR) is 135 cm³/mol. The summed E-state index contributed by atoms with van der Waals surface area (Å²) >= 11 is 0. The largest absolute Gasteiger partial charge is 0.576 e. The van der Waals surface area contributed by atoms with Crippen LogP contribution >= 0.6 is 10.3 Å². The van der Waals surface area contributed by atoms with E-state index in [1.54, 1.807) is 13.8 Å². The molecule has 0 unspecified atom stereocenters. The summed E-state index contributed by atoms with van der Waals surface area (Å²) in [5.74, 6) is -52.1. The first kappa shape index (κ1) is 36.9. The van der Waals surface area contributed by atoms with E-state index in [9.17, 15) is 61.9 Å². The van der Waals surface area contributed by atoms with Gasteiger partial charge in [-0.05, 0) is 50.2 Å². The Bertz CT molecular complexity index is 1490. The van der Waals surface area contributed by atoms with Crippen molar-refractivity contribution in [2.75, 3.05) is 0 Å². The summed E-state index contributed by atoms with van der Waals surface area (Å²) in [6, 6.07) is 16.3. The lowest BCUT2D eigenvalue weighted by Crippen LogP contribution is -2.73. The van der Waals surface area contributed by atoms with Gasteiger partial charge in [0.1, 0.15) is 0 Å². The van der Waals surface area contributed by atoms with Crippen LogP contribution in [-0.4, -0.2) is 52.5 Å². The number of halogens is 15. The average Bonchev–Trinajstić information content (AvgIpc) is 2.96. The molecule has 0 spiro atoms. The molecule has 0 fully saturated rings. The fourth-order valence-electron chi connectivity index (χ4n) is 3.90. The van der Waals surface area contributed by atoms with Gasteiger partial charge in [0.2, 0.25) is 0 Å². The maximum Gasteiger partial charge on any atom is 0.576 e. The van der Waals surface area contributed by atoms with Crippen LogP contribution in [0.2, 0.25) is 0 Å². The number of alkyl halides is 15. The maximum atomic E-state index is 15.1. The van der Waals surface area contributed by atoms with Gasteiger partial charge in [0.05, 0.1) is 25.0 Å². The summed E-state index contributed by atoms with van der Waals surface area (Å²) in [6.07, 6.45) is -7.73. The minimum absolute atomic E-state index is 0.202. The number of benzene rings is 3. The van der Waals surface area contributed by atoms with E-state index in [0.717, 1.165) is 12.1 Å². The first-order valence-corrected chi connectivity index (χ1v) is 13.9. The van der Waals surface area contributed by atoms with Crippen molar-refractivity contribution in [3.63, 3.8) is 0 Å². The Balaban J connectivity index is 2.26. The number of carbonyl (C=O) groups excluding carboxylic acids is 1. The summed E-state index contributed by atoms with van der Waals surface area (Å²) in [4.78, 5) is 9.64. The van der Waals surface area contributed by atoms with Crippen LogP contribution in [0.15, 0.2) is 93.5 Å². The average molecular weight is 706 g/mol. The third-order valence-corrected chi connectivity index (χ3v) is 9.80. The summed E-state index contributed by atoms with van der Waals surface area (Å²) in [5, 5.41) is 0. The molecule has 0 aromatic heterocycles. The topological polar surface area (TPSA) is 30.6 Å². The van der Waals surface area contributed by atoms with Gasteiger partial charge in [-0.3, -0.25) is 0 Å². The van der Waals surface area contributed by atoms with Crippen molar-refractivity contribution in [3.05, 3.63) is 90.0 Å². The van der Waals surface area contributed by atoms with Crippen LogP contribution in [-0.2, 0) is 4.18 Å². The Labute approximate surface area is 251 Å². The third-order valence-electron chi connectivity index (χ3n) is 6.58. The molecule has 3 rings (SSSR count). The highest BCUT2D eigenvalue weighted by Crippen LogP contribution is 2.70. The van der Waals surface area contributed by atoms with E-state index in [-0.39, 0.29) is 14.7 Å². The SMILES string of the molecule is Cc1ccc(S(OC(=[OH+])C(F)(F)C(F)(F)C(F)(F)C(F)(F)C(F)(F)C(F)(F)C(F)(F)F)(c2ccccc2)c2ccc(C)cc2)cc1. The van der Waals surface area contributed by atoms with Crippen molar-refractivity contribution in [2.24, 2.45) is 0 Å². The zero-order valence-corrected chi connectivity index (χ0v) is 23.8. The highest BCUT2D eigenvalue weighted by Gasteiger charge is 2.95. The monoisotopic (exact) mass is 705 g/mol. The first-order chi connectivity index (χ1) is 20.7. The summed E-state index contributed by atoms with van der Waals surface area (Å²) < 4.78 is 213. The second-order valence-electron chi connectivity index (χ2n) is 9.83. The van der Waals surface area contributed by atoms with Gasteiger partial charge in [-0.2, -0.15) is 65.9 Å². The molecule has 3 aromatic carbocycles. The Morgan fingerprint density at radius 3 is 1.17 bits per heavy atom. The van der Waals surface area contributed by atoms with Gasteiger partial charge in [0, 0.05) is 0 Å². The van der Waals surface area contributed by atoms with E-state index in [0.29, 0.717) is 11.1 Å². The molecule has 0 saturated carbocycles. The molecule has 3 aromatic rings. The lowest BCUT2D eigenvalue weighted by atomic mass is 9.91. The molecule has 0 bridgehead atoms. The molecule has 46 heavy (non-hydrogen) atoms. The van der Waals surface area contributed by atoms with Crippen molar-refractivity contribution < 1.29 is 74.8 Å². The molecule has 2 nitrogen and oxygen atoms in total. The van der Waals surface area contributed by atoms with Crippen LogP contribution in [0, 0.1) is 13.8 Å². The van der Waals surface area contributed by atoms with Crippen molar-refractivity contribution in [1.29, 1.82) is 0 Å². The van der Waals surface area contributed by atoms with Crippen molar-refractivity contribution in [3.8, 4) is 0 Å². The molecular formula is C28H20F15O2S+. The van der Waals surface area contributed by atoms with E-state index < -0.39 is 58.0 Å². The second kappa shape index (κ2) is 11.6. The molecule has 0 heterocycles. The lowest BCUT2D eigenvalue weighted by Gasteiger charge is -2.40. The Kier molecular flexibility index (Phi) is 9.30. The Morgan fingerprint density at radius 1 is 0.478 bits per heavy atom. The van der Waals surface area contributed by atoms with Crippen LogP contribution in [0.5, 0.6) is 0 Å². The van der Waals surface area contributed by atoms with Gasteiger partial charge in [0.25, 0.3) is 0 Å². The van der Waals surface area contributed by atoms with Crippen molar-refractivity contribution in [1.82, 2.24) is 0 Å². The minimum Gasteiger partial charge on any atom is -0.333 e. The summed E-state index contributed by atoms with van der Waals surface area (Å²) in [7, 11) is -4.01. The fraction of sp³-hybridized carbons (Fsp3) is 0.321. The lowest BCUT2D eigenvalue weighted by molar-refractivity contribution is -0.449. The van der Waals surface area contributed by atoms with E-state index in [1.807, 2.05) is 0 Å². The molecule has 0 atom stereocenters. The second-order valence-corrected chi connectivity index (χ2v) is 12.5. The maximum absolute atomic E-state index is 15.1. The molecule has 0 aliphatic rings. The zero-order valence-electron chi connectivity index (χ0n) is 22.9. The molecule has 0 aliphatic carbocycles. The minimum atomic E-state index is -8.51. The number of hydrogen-bond acceptors (Lipinski definition) is 1. The smallest absolute Gasteiger partial charge is 0.333 e. The number of rotatable bonds is 10. The van der Waals surface area contributed by atoms with Gasteiger partial charge < -0.3 is 4.79 Å². The highest BCUT2D eigenvalue weighted by molar-refractivity contribution is 8.30. The van der Waals surface area contributed by atoms with Crippen molar-refractivity contribution in [2.45, 2.75) is 70.2 Å². The molecule has 0 amide bonds. The van der Waals surface area contributed by atoms with Crippen LogP contribution in [0.25, 0.3) is 0 Å². The van der Waals surface area contributed by atoms with Gasteiger partial charge in [-0.25, -0.2) is 4.18 Å². The van der Waals surface area contributed by atoms with Gasteiger partial charge in [-0.1, -0.05) is 53.6 Å². The van der Waals surface area contributed by atoms with Crippen molar-refractivity contribution >= 4 is 16.3 Å². The van der Waals surface area contributed by atoms with Gasteiger partial charge >= 0.3 is 47.7 Å². The van der Waals surface area contributed by atoms with Crippen LogP contribution in [0.1, 0.15) is 11.1 Å². The summed E-state index contributed by atoms with van der Waals surface area (Å²) in [6.45, 7) is 3.10. The van der Waals surface area contributed by atoms with Gasteiger partial charge in [-0.15, -0.1) is 0 Å². The molecule has 18 heteroatoms. The standard InChI is InChI=1S/C28H19F15O2S/c1-16-8-12-19(13-9-16)46(18-6-4-3-5-7-18,20-14-10-17(2)11-15-20)45-21(44)22(29,30)23(31,32)24(33,34)25(35,36)26(37,38)27(39,40)28(41,42)43/h3-15H,1-2H3/p+1. The molecular weight excluding hydrogens is 685 g/mol. The molecule has 0 saturated heterocycles. The normalized spacial score (nSPS) is 14.6. The van der Waals surface area contributed by atoms with Crippen LogP contribution in [0.4, 0.5) is 65.9 Å². The molecule has 0 aliphatic heterocycles. The molecule has 1 N–H and O–H groups in total. The number of aryl methyl sites for hydroxylation is 2. The van der Waals surface area contributed by atoms with E-state index >= 15 is 8.78 Å². The quantitative estimate of drug-likeness (QED) is 0.153. The van der Waals surface area contributed by atoms with Crippen LogP contribution < -0.4 is 0 Å². The molecule has 254 valence electrons. The van der Waals surface area contributed by atoms with Crippen LogP contribution in [0.3, 0.4) is 0 Å².